The fourth-order valence-electron chi connectivity index (χ4n) is 5.29. The number of nitrogens with zero attached hydrogens (tertiary/aromatic N) is 4. The van der Waals surface area contributed by atoms with E-state index in [-0.39, 0.29) is 43.1 Å². The van der Waals surface area contributed by atoms with Crippen LogP contribution in [0.3, 0.4) is 0 Å². The van der Waals surface area contributed by atoms with E-state index in [0.29, 0.717) is 31.2 Å². The molecule has 0 N–H and O–H groups in total. The highest BCUT2D eigenvalue weighted by Crippen LogP contribution is 2.40. The van der Waals surface area contributed by atoms with Gasteiger partial charge in [-0.05, 0) is 37.1 Å². The number of amides is 3. The van der Waals surface area contributed by atoms with Crippen molar-refractivity contribution in [3.63, 3.8) is 0 Å². The van der Waals surface area contributed by atoms with Gasteiger partial charge in [-0.1, -0.05) is 44.2 Å². The molecule has 1 aromatic carbocycles. The van der Waals surface area contributed by atoms with Crippen LogP contribution in [0.15, 0.2) is 54.9 Å². The number of ether oxygens (including phenoxy) is 1. The smallest absolute Gasteiger partial charge is 0.240 e. The zero-order valence-electron chi connectivity index (χ0n) is 21.4. The Morgan fingerprint density at radius 2 is 1.92 bits per heavy atom. The molecule has 0 spiro atoms. The van der Waals surface area contributed by atoms with Crippen molar-refractivity contribution in [1.29, 1.82) is 0 Å². The van der Waals surface area contributed by atoms with Crippen LogP contribution in [0, 0.1) is 5.92 Å². The fourth-order valence-corrected chi connectivity index (χ4v) is 5.29. The lowest BCUT2D eigenvalue weighted by Gasteiger charge is -2.43. The van der Waals surface area contributed by atoms with Crippen molar-refractivity contribution >= 4 is 17.7 Å². The highest BCUT2D eigenvalue weighted by atomic mass is 16.5. The molecule has 0 saturated carbocycles. The van der Waals surface area contributed by atoms with Gasteiger partial charge in [-0.3, -0.25) is 24.3 Å². The third kappa shape index (κ3) is 5.43. The number of likely N-dealkylation sites (tertiary alicyclic amines) is 1. The standard InChI is InChI=1S/C28H36N4O4/c1-21(2)24-20-30(3)14-15-31(24)25(33)17-28(22-9-5-4-6-10-22)18-26(34)32(27(28)35)13-8-16-36-23-11-7-12-29-19-23/h4-7,9-12,19,21,24H,8,13-18,20H2,1-3H3/t24-,28+/m1/s1. The second-order valence-corrected chi connectivity index (χ2v) is 10.2. The average Bonchev–Trinajstić information content (AvgIpc) is 3.12. The summed E-state index contributed by atoms with van der Waals surface area (Å²) in [6.45, 7) is 7.08. The van der Waals surface area contributed by atoms with Crippen LogP contribution < -0.4 is 4.74 Å². The Morgan fingerprint density at radius 1 is 1.14 bits per heavy atom. The van der Waals surface area contributed by atoms with Crippen LogP contribution in [0.25, 0.3) is 0 Å². The van der Waals surface area contributed by atoms with Crippen molar-refractivity contribution in [2.45, 2.75) is 44.6 Å². The molecule has 2 aliphatic rings. The van der Waals surface area contributed by atoms with Gasteiger partial charge >= 0.3 is 0 Å². The molecule has 192 valence electrons. The van der Waals surface area contributed by atoms with E-state index in [2.05, 4.69) is 30.8 Å². The number of pyridine rings is 1. The highest BCUT2D eigenvalue weighted by molar-refractivity contribution is 6.10. The highest BCUT2D eigenvalue weighted by Gasteiger charge is 2.54. The number of rotatable bonds is 9. The van der Waals surface area contributed by atoms with Crippen LogP contribution >= 0.6 is 0 Å². The molecule has 0 radical (unpaired) electrons. The first-order chi connectivity index (χ1) is 17.3. The molecule has 2 aliphatic heterocycles. The van der Waals surface area contributed by atoms with E-state index in [1.807, 2.05) is 41.3 Å². The quantitative estimate of drug-likeness (QED) is 0.395. The van der Waals surface area contributed by atoms with E-state index in [9.17, 15) is 14.4 Å². The summed E-state index contributed by atoms with van der Waals surface area (Å²) in [5, 5.41) is 0. The van der Waals surface area contributed by atoms with Crippen LogP contribution in [0.4, 0.5) is 0 Å². The van der Waals surface area contributed by atoms with Gasteiger partial charge in [0.25, 0.3) is 0 Å². The van der Waals surface area contributed by atoms with E-state index >= 15 is 0 Å². The molecule has 3 amide bonds. The molecule has 1 aromatic heterocycles. The lowest BCUT2D eigenvalue weighted by atomic mass is 9.75. The maximum Gasteiger partial charge on any atom is 0.240 e. The number of hydrogen-bond donors (Lipinski definition) is 0. The van der Waals surface area contributed by atoms with Crippen molar-refractivity contribution in [3.8, 4) is 5.75 Å². The molecule has 4 rings (SSSR count). The Balaban J connectivity index is 1.51. The van der Waals surface area contributed by atoms with E-state index in [4.69, 9.17) is 4.74 Å². The first-order valence-electron chi connectivity index (χ1n) is 12.7. The molecule has 8 heteroatoms. The summed E-state index contributed by atoms with van der Waals surface area (Å²) in [4.78, 5) is 50.2. The SMILES string of the molecule is CC(C)[C@H]1CN(C)CCN1C(=O)C[C@@]1(c2ccccc2)CC(=O)N(CCCOc2cccnc2)C1=O. The second kappa shape index (κ2) is 11.2. The Kier molecular flexibility index (Phi) is 8.04. The van der Waals surface area contributed by atoms with Crippen LogP contribution in [0.5, 0.6) is 5.75 Å². The molecular formula is C28H36N4O4. The van der Waals surface area contributed by atoms with Gasteiger partial charge in [0.1, 0.15) is 5.75 Å². The molecule has 2 atom stereocenters. The van der Waals surface area contributed by atoms with Gasteiger partial charge in [0.05, 0.1) is 18.2 Å². The van der Waals surface area contributed by atoms with Gasteiger partial charge < -0.3 is 14.5 Å². The summed E-state index contributed by atoms with van der Waals surface area (Å²) in [5.41, 5.74) is -0.453. The van der Waals surface area contributed by atoms with Crippen molar-refractivity contribution in [2.24, 2.45) is 5.92 Å². The van der Waals surface area contributed by atoms with Gasteiger partial charge in [0.2, 0.25) is 17.7 Å². The van der Waals surface area contributed by atoms with Gasteiger partial charge in [0.15, 0.2) is 0 Å². The first kappa shape index (κ1) is 25.8. The van der Waals surface area contributed by atoms with Crippen molar-refractivity contribution in [3.05, 3.63) is 60.4 Å². The number of likely N-dealkylation sites (N-methyl/N-ethyl adjacent to an activating group) is 1. The zero-order chi connectivity index (χ0) is 25.7. The molecule has 36 heavy (non-hydrogen) atoms. The van der Waals surface area contributed by atoms with Gasteiger partial charge in [0, 0.05) is 51.3 Å². The summed E-state index contributed by atoms with van der Waals surface area (Å²) in [6, 6.07) is 13.0. The number of imide groups is 1. The maximum absolute atomic E-state index is 13.9. The Bertz CT molecular complexity index is 1060. The topological polar surface area (TPSA) is 83.1 Å². The lowest BCUT2D eigenvalue weighted by molar-refractivity contribution is -0.145. The van der Waals surface area contributed by atoms with Crippen LogP contribution in [0.2, 0.25) is 0 Å². The predicted octanol–water partition coefficient (Wildman–Crippen LogP) is 2.74. The first-order valence-corrected chi connectivity index (χ1v) is 12.7. The number of carbonyl (C=O) groups excluding carboxylic acids is 3. The predicted molar refractivity (Wildman–Crippen MR) is 136 cm³/mol. The van der Waals surface area contributed by atoms with Crippen molar-refractivity contribution in [2.75, 3.05) is 39.8 Å². The molecule has 2 fully saturated rings. The minimum Gasteiger partial charge on any atom is -0.492 e. The summed E-state index contributed by atoms with van der Waals surface area (Å²) >= 11 is 0. The Labute approximate surface area is 213 Å². The van der Waals surface area contributed by atoms with E-state index < -0.39 is 5.41 Å². The van der Waals surface area contributed by atoms with Gasteiger partial charge in [-0.25, -0.2) is 0 Å². The maximum atomic E-state index is 13.9. The number of benzene rings is 1. The minimum atomic E-state index is -1.18. The average molecular weight is 493 g/mol. The zero-order valence-corrected chi connectivity index (χ0v) is 21.4. The lowest BCUT2D eigenvalue weighted by Crippen LogP contribution is -2.57. The van der Waals surface area contributed by atoms with Gasteiger partial charge in [-0.15, -0.1) is 0 Å². The molecule has 3 heterocycles. The molecule has 2 aromatic rings. The largest absolute Gasteiger partial charge is 0.492 e. The third-order valence-electron chi connectivity index (χ3n) is 7.33. The number of aromatic nitrogens is 1. The van der Waals surface area contributed by atoms with Crippen molar-refractivity contribution in [1.82, 2.24) is 19.7 Å². The molecule has 2 saturated heterocycles. The Hall–Kier alpha value is -3.26. The normalized spacial score (nSPS) is 22.9. The number of hydrogen-bond acceptors (Lipinski definition) is 6. The number of carbonyl (C=O) groups is 3. The monoisotopic (exact) mass is 492 g/mol. The fraction of sp³-hybridized carbons (Fsp3) is 0.500. The minimum absolute atomic E-state index is 0.00277. The van der Waals surface area contributed by atoms with E-state index in [1.165, 1.54) is 4.90 Å². The second-order valence-electron chi connectivity index (χ2n) is 10.2. The summed E-state index contributed by atoms with van der Waals surface area (Å²) in [7, 11) is 2.07. The third-order valence-corrected chi connectivity index (χ3v) is 7.33. The summed E-state index contributed by atoms with van der Waals surface area (Å²) in [5.74, 6) is 0.350. The molecule has 8 nitrogen and oxygen atoms in total. The van der Waals surface area contributed by atoms with Gasteiger partial charge in [-0.2, -0.15) is 0 Å². The molecule has 0 aliphatic carbocycles. The van der Waals surface area contributed by atoms with Crippen LogP contribution in [0.1, 0.15) is 38.7 Å². The van der Waals surface area contributed by atoms with E-state index in [0.717, 1.165) is 18.7 Å². The Morgan fingerprint density at radius 3 is 2.61 bits per heavy atom. The molecule has 0 unspecified atom stereocenters. The van der Waals surface area contributed by atoms with Crippen LogP contribution in [-0.2, 0) is 19.8 Å². The van der Waals surface area contributed by atoms with Crippen molar-refractivity contribution < 1.29 is 19.1 Å². The van der Waals surface area contributed by atoms with E-state index in [1.54, 1.807) is 18.5 Å². The van der Waals surface area contributed by atoms with Crippen LogP contribution in [-0.4, -0.2) is 83.3 Å². The number of piperazine rings is 1. The molecule has 0 bridgehead atoms. The summed E-state index contributed by atoms with van der Waals surface area (Å²) < 4.78 is 5.68. The summed E-state index contributed by atoms with van der Waals surface area (Å²) in [6.07, 6.45) is 3.80. The molecular weight excluding hydrogens is 456 g/mol.